The minimum absolute atomic E-state index is 0.138. The fourth-order valence-corrected chi connectivity index (χ4v) is 2.43. The number of carbonyl (C=O) groups is 1. The second kappa shape index (κ2) is 5.27. The topological polar surface area (TPSA) is 71.5 Å². The van der Waals surface area contributed by atoms with Crippen molar-refractivity contribution < 1.29 is 14.6 Å². The molecule has 0 saturated carbocycles. The standard InChI is InChI=1S/C13H14N2O3S/c1-7-8(2)19-13(14-7)15-9-4-5-10(12(16)17)11(6-9)18-3/h4-6H,1-3H3,(H,14,15)(H,16,17). The Kier molecular flexibility index (Phi) is 3.71. The lowest BCUT2D eigenvalue weighted by Crippen LogP contribution is -2.01. The molecule has 2 rings (SSSR count). The SMILES string of the molecule is COc1cc(Nc2nc(C)c(C)s2)ccc1C(=O)O. The van der Waals surface area contributed by atoms with Crippen LogP contribution in [0.1, 0.15) is 20.9 Å². The molecule has 5 nitrogen and oxygen atoms in total. The highest BCUT2D eigenvalue weighted by Gasteiger charge is 2.12. The highest BCUT2D eigenvalue weighted by Crippen LogP contribution is 2.28. The molecule has 0 atom stereocenters. The van der Waals surface area contributed by atoms with E-state index < -0.39 is 5.97 Å². The smallest absolute Gasteiger partial charge is 0.339 e. The molecule has 1 heterocycles. The Balaban J connectivity index is 2.28. The molecule has 0 saturated heterocycles. The molecule has 0 fully saturated rings. The molecule has 6 heteroatoms. The van der Waals surface area contributed by atoms with E-state index in [4.69, 9.17) is 9.84 Å². The lowest BCUT2D eigenvalue weighted by Gasteiger charge is -2.08. The number of methoxy groups -OCH3 is 1. The number of anilines is 2. The largest absolute Gasteiger partial charge is 0.496 e. The third kappa shape index (κ3) is 2.85. The van der Waals surface area contributed by atoms with Crippen LogP contribution in [0.3, 0.4) is 0 Å². The molecule has 1 aromatic heterocycles. The summed E-state index contributed by atoms with van der Waals surface area (Å²) in [4.78, 5) is 16.5. The van der Waals surface area contributed by atoms with Crippen LogP contribution in [0.15, 0.2) is 18.2 Å². The molecule has 2 aromatic rings. The fourth-order valence-electron chi connectivity index (χ4n) is 1.60. The van der Waals surface area contributed by atoms with Gasteiger partial charge in [-0.2, -0.15) is 0 Å². The Labute approximate surface area is 114 Å². The predicted molar refractivity (Wildman–Crippen MR) is 74.8 cm³/mol. The monoisotopic (exact) mass is 278 g/mol. The van der Waals surface area contributed by atoms with Crippen LogP contribution in [0, 0.1) is 13.8 Å². The number of nitrogens with zero attached hydrogens (tertiary/aromatic N) is 1. The van der Waals surface area contributed by atoms with Crippen LogP contribution in [0.4, 0.5) is 10.8 Å². The van der Waals surface area contributed by atoms with Gasteiger partial charge in [-0.15, -0.1) is 11.3 Å². The summed E-state index contributed by atoms with van der Waals surface area (Å²) in [6.45, 7) is 3.96. The number of carboxylic acid groups (broad SMARTS) is 1. The number of nitrogens with one attached hydrogen (secondary N) is 1. The Morgan fingerprint density at radius 1 is 1.42 bits per heavy atom. The molecular weight excluding hydrogens is 264 g/mol. The van der Waals surface area contributed by atoms with E-state index in [9.17, 15) is 4.79 Å². The number of aryl methyl sites for hydroxylation is 2. The Hall–Kier alpha value is -2.08. The Morgan fingerprint density at radius 2 is 2.16 bits per heavy atom. The molecule has 1 aromatic carbocycles. The van der Waals surface area contributed by atoms with Gasteiger partial charge in [0.25, 0.3) is 0 Å². The summed E-state index contributed by atoms with van der Waals surface area (Å²) in [5, 5.41) is 12.9. The fraction of sp³-hybridized carbons (Fsp3) is 0.231. The molecule has 19 heavy (non-hydrogen) atoms. The number of aromatic nitrogens is 1. The maximum atomic E-state index is 11.0. The van der Waals surface area contributed by atoms with Gasteiger partial charge in [0.1, 0.15) is 11.3 Å². The zero-order valence-electron chi connectivity index (χ0n) is 10.9. The molecule has 0 radical (unpaired) electrons. The number of rotatable bonds is 4. The normalized spacial score (nSPS) is 10.3. The Morgan fingerprint density at radius 3 is 2.68 bits per heavy atom. The minimum Gasteiger partial charge on any atom is -0.496 e. The first-order valence-electron chi connectivity index (χ1n) is 5.63. The molecule has 100 valence electrons. The number of hydrogen-bond acceptors (Lipinski definition) is 5. The first kappa shape index (κ1) is 13.4. The van der Waals surface area contributed by atoms with Gasteiger partial charge in [-0.3, -0.25) is 0 Å². The van der Waals surface area contributed by atoms with Crippen LogP contribution in [-0.2, 0) is 0 Å². The van der Waals surface area contributed by atoms with Crippen LogP contribution >= 0.6 is 11.3 Å². The van der Waals surface area contributed by atoms with Crippen LogP contribution in [0.2, 0.25) is 0 Å². The van der Waals surface area contributed by atoms with E-state index >= 15 is 0 Å². The van der Waals surface area contributed by atoms with E-state index in [0.717, 1.165) is 21.4 Å². The van der Waals surface area contributed by atoms with E-state index in [-0.39, 0.29) is 5.56 Å². The second-order valence-corrected chi connectivity index (χ2v) is 5.21. The van der Waals surface area contributed by atoms with Crippen molar-refractivity contribution in [2.24, 2.45) is 0 Å². The summed E-state index contributed by atoms with van der Waals surface area (Å²) in [5.74, 6) is -0.688. The molecule has 0 aliphatic heterocycles. The van der Waals surface area contributed by atoms with E-state index in [1.54, 1.807) is 23.5 Å². The first-order chi connectivity index (χ1) is 9.01. The van der Waals surface area contributed by atoms with Crippen LogP contribution in [0.25, 0.3) is 0 Å². The number of aromatic carboxylic acids is 1. The van der Waals surface area contributed by atoms with Gasteiger partial charge >= 0.3 is 5.97 Å². The predicted octanol–water partition coefficient (Wildman–Crippen LogP) is 3.21. The van der Waals surface area contributed by atoms with Gasteiger partial charge in [0.15, 0.2) is 5.13 Å². The number of ether oxygens (including phenoxy) is 1. The molecule has 0 spiro atoms. The zero-order chi connectivity index (χ0) is 14.0. The lowest BCUT2D eigenvalue weighted by molar-refractivity contribution is 0.0693. The molecular formula is C13H14N2O3S. The van der Waals surface area contributed by atoms with Crippen molar-refractivity contribution in [1.29, 1.82) is 0 Å². The summed E-state index contributed by atoms with van der Waals surface area (Å²) in [7, 11) is 1.45. The summed E-state index contributed by atoms with van der Waals surface area (Å²) in [6.07, 6.45) is 0. The van der Waals surface area contributed by atoms with Crippen molar-refractivity contribution in [2.45, 2.75) is 13.8 Å². The Bertz CT molecular complexity index is 603. The molecule has 0 aliphatic carbocycles. The first-order valence-corrected chi connectivity index (χ1v) is 6.45. The van der Waals surface area contributed by atoms with Crippen molar-refractivity contribution in [2.75, 3.05) is 12.4 Å². The number of thiazole rings is 1. The molecule has 0 amide bonds. The van der Waals surface area contributed by atoms with Crippen LogP contribution < -0.4 is 10.1 Å². The van der Waals surface area contributed by atoms with Crippen LogP contribution in [-0.4, -0.2) is 23.2 Å². The van der Waals surface area contributed by atoms with E-state index in [1.165, 1.54) is 13.2 Å². The van der Waals surface area contributed by atoms with Crippen molar-refractivity contribution in [3.05, 3.63) is 34.3 Å². The average Bonchev–Trinajstić information content (AvgIpc) is 2.67. The molecule has 0 bridgehead atoms. The van der Waals surface area contributed by atoms with Crippen molar-refractivity contribution in [3.8, 4) is 5.75 Å². The maximum absolute atomic E-state index is 11.0. The number of carboxylic acids is 1. The van der Waals surface area contributed by atoms with Gasteiger partial charge < -0.3 is 15.2 Å². The van der Waals surface area contributed by atoms with Gasteiger partial charge in [-0.25, -0.2) is 9.78 Å². The van der Waals surface area contributed by atoms with Gasteiger partial charge in [-0.05, 0) is 26.0 Å². The second-order valence-electron chi connectivity index (χ2n) is 4.01. The van der Waals surface area contributed by atoms with Gasteiger partial charge in [-0.1, -0.05) is 0 Å². The maximum Gasteiger partial charge on any atom is 0.339 e. The average molecular weight is 278 g/mol. The zero-order valence-corrected chi connectivity index (χ0v) is 11.7. The molecule has 0 unspecified atom stereocenters. The van der Waals surface area contributed by atoms with E-state index in [0.29, 0.717) is 5.75 Å². The van der Waals surface area contributed by atoms with E-state index in [1.807, 2.05) is 13.8 Å². The third-order valence-electron chi connectivity index (χ3n) is 2.71. The summed E-state index contributed by atoms with van der Waals surface area (Å²) >= 11 is 1.55. The quantitative estimate of drug-likeness (QED) is 0.898. The van der Waals surface area contributed by atoms with E-state index in [2.05, 4.69) is 10.3 Å². The highest BCUT2D eigenvalue weighted by atomic mass is 32.1. The molecule has 2 N–H and O–H groups in total. The van der Waals surface area contributed by atoms with Crippen molar-refractivity contribution in [3.63, 3.8) is 0 Å². The molecule has 0 aliphatic rings. The summed E-state index contributed by atoms with van der Waals surface area (Å²) in [5.41, 5.74) is 1.87. The summed E-state index contributed by atoms with van der Waals surface area (Å²) in [6, 6.07) is 4.85. The van der Waals surface area contributed by atoms with Gasteiger partial charge in [0, 0.05) is 16.6 Å². The van der Waals surface area contributed by atoms with Gasteiger partial charge in [0.2, 0.25) is 0 Å². The lowest BCUT2D eigenvalue weighted by atomic mass is 10.2. The van der Waals surface area contributed by atoms with Crippen LogP contribution in [0.5, 0.6) is 5.75 Å². The number of hydrogen-bond donors (Lipinski definition) is 2. The minimum atomic E-state index is -1.01. The highest BCUT2D eigenvalue weighted by molar-refractivity contribution is 7.15. The van der Waals surface area contributed by atoms with Crippen molar-refractivity contribution >= 4 is 28.1 Å². The third-order valence-corrected chi connectivity index (χ3v) is 3.70. The van der Waals surface area contributed by atoms with Crippen molar-refractivity contribution in [1.82, 2.24) is 4.98 Å². The van der Waals surface area contributed by atoms with Gasteiger partial charge in [0.05, 0.1) is 12.8 Å². The number of benzene rings is 1. The summed E-state index contributed by atoms with van der Waals surface area (Å²) < 4.78 is 5.08.